The largest absolute Gasteiger partial charge is 0.490 e. The number of fused-ring (bicyclic) bond motifs is 1. The number of aryl methyl sites for hydroxylation is 1. The molecule has 26 heavy (non-hydrogen) atoms. The van der Waals surface area contributed by atoms with Gasteiger partial charge in [0, 0.05) is 6.07 Å². The quantitative estimate of drug-likeness (QED) is 0.472. The third-order valence-electron chi connectivity index (χ3n) is 5.84. The molecular weight excluding hydrogens is 331 g/mol. The molecule has 1 aromatic rings. The Morgan fingerprint density at radius 2 is 1.85 bits per heavy atom. The van der Waals surface area contributed by atoms with Gasteiger partial charge in [0.15, 0.2) is 11.6 Å². The molecule has 1 aromatic carbocycles. The molecule has 1 saturated carbocycles. The first kappa shape index (κ1) is 19.2. The Morgan fingerprint density at radius 1 is 1.12 bits per heavy atom. The van der Waals surface area contributed by atoms with Gasteiger partial charge < -0.3 is 9.47 Å². The molecule has 3 rings (SSSR count). The van der Waals surface area contributed by atoms with Crippen molar-refractivity contribution in [3.63, 3.8) is 0 Å². The van der Waals surface area contributed by atoms with Crippen LogP contribution in [0.1, 0.15) is 77.2 Å². The Morgan fingerprint density at radius 3 is 2.54 bits per heavy atom. The third kappa shape index (κ3) is 4.57. The molecule has 0 aromatic heterocycles. The van der Waals surface area contributed by atoms with Crippen molar-refractivity contribution in [1.29, 1.82) is 0 Å². The molecule has 1 aliphatic carbocycles. The Balaban J connectivity index is 1.61. The van der Waals surface area contributed by atoms with E-state index in [1.807, 2.05) is 0 Å². The number of carbonyl (C=O) groups is 1. The number of halogens is 1. The minimum absolute atomic E-state index is 0.0574. The molecular formula is C22H31FO3. The predicted octanol–water partition coefficient (Wildman–Crippen LogP) is 5.83. The summed E-state index contributed by atoms with van der Waals surface area (Å²) in [4.78, 5) is 12.5. The van der Waals surface area contributed by atoms with Crippen LogP contribution in [0, 0.1) is 17.7 Å². The van der Waals surface area contributed by atoms with Crippen molar-refractivity contribution in [2.45, 2.75) is 84.2 Å². The van der Waals surface area contributed by atoms with E-state index in [0.29, 0.717) is 5.75 Å². The minimum atomic E-state index is -0.506. The first-order valence-electron chi connectivity index (χ1n) is 10.3. The molecule has 3 nitrogen and oxygen atoms in total. The van der Waals surface area contributed by atoms with E-state index in [1.54, 1.807) is 6.07 Å². The van der Waals surface area contributed by atoms with Gasteiger partial charge in [-0.15, -0.1) is 0 Å². The maximum absolute atomic E-state index is 14.4. The van der Waals surface area contributed by atoms with Crippen LogP contribution in [0.25, 0.3) is 0 Å². The van der Waals surface area contributed by atoms with Gasteiger partial charge in [0.05, 0.1) is 12.0 Å². The number of hydrogen-bond acceptors (Lipinski definition) is 3. The maximum Gasteiger partial charge on any atom is 0.314 e. The van der Waals surface area contributed by atoms with Gasteiger partial charge in [-0.3, -0.25) is 4.79 Å². The molecule has 1 heterocycles. The molecule has 144 valence electrons. The van der Waals surface area contributed by atoms with Crippen molar-refractivity contribution in [3.8, 4) is 11.5 Å². The van der Waals surface area contributed by atoms with Crippen molar-refractivity contribution in [2.75, 3.05) is 0 Å². The van der Waals surface area contributed by atoms with E-state index in [4.69, 9.17) is 9.47 Å². The third-order valence-corrected chi connectivity index (χ3v) is 5.84. The van der Waals surface area contributed by atoms with E-state index in [1.165, 1.54) is 18.9 Å². The van der Waals surface area contributed by atoms with Crippen molar-refractivity contribution in [1.82, 2.24) is 0 Å². The molecule has 0 bridgehead atoms. The lowest BCUT2D eigenvalue weighted by molar-refractivity contribution is -0.140. The second-order valence-electron chi connectivity index (χ2n) is 7.88. The summed E-state index contributed by atoms with van der Waals surface area (Å²) < 4.78 is 25.8. The fourth-order valence-corrected chi connectivity index (χ4v) is 4.33. The summed E-state index contributed by atoms with van der Waals surface area (Å²) in [6, 6.07) is 3.05. The number of benzene rings is 1. The lowest BCUT2D eigenvalue weighted by Crippen LogP contribution is -2.26. The summed E-state index contributed by atoms with van der Waals surface area (Å²) in [6.45, 7) is 4.32. The smallest absolute Gasteiger partial charge is 0.314 e. The standard InChI is InChI=1S/C22H31FO3/c1-3-5-15-7-9-16(10-8-15)22(24)26-21-13-17-11-12-18(6-4-2)25-20(17)14-19(21)23/h13-16,18H,3-12H2,1-2H3. The van der Waals surface area contributed by atoms with Crippen molar-refractivity contribution < 1.29 is 18.7 Å². The molecule has 0 amide bonds. The van der Waals surface area contributed by atoms with Gasteiger partial charge in [0.25, 0.3) is 0 Å². The van der Waals surface area contributed by atoms with E-state index < -0.39 is 5.82 Å². The first-order valence-corrected chi connectivity index (χ1v) is 10.3. The summed E-state index contributed by atoms with van der Waals surface area (Å²) in [7, 11) is 0. The predicted molar refractivity (Wildman–Crippen MR) is 100 cm³/mol. The normalized spacial score (nSPS) is 25.3. The van der Waals surface area contributed by atoms with Crippen LogP contribution >= 0.6 is 0 Å². The lowest BCUT2D eigenvalue weighted by Gasteiger charge is -2.28. The van der Waals surface area contributed by atoms with Gasteiger partial charge in [-0.25, -0.2) is 4.39 Å². The highest BCUT2D eigenvalue weighted by Crippen LogP contribution is 2.36. The molecule has 1 unspecified atom stereocenters. The highest BCUT2D eigenvalue weighted by Gasteiger charge is 2.29. The SMILES string of the molecule is CCCC1CCC(C(=O)Oc2cc3c(cc2F)OC(CCC)CC3)CC1. The number of carbonyl (C=O) groups excluding carboxylic acids is 1. The van der Waals surface area contributed by atoms with Crippen LogP contribution in [-0.4, -0.2) is 12.1 Å². The Hall–Kier alpha value is -1.58. The number of hydrogen-bond donors (Lipinski definition) is 0. The van der Waals surface area contributed by atoms with Gasteiger partial charge >= 0.3 is 5.97 Å². The Labute approximate surface area is 156 Å². The van der Waals surface area contributed by atoms with Gasteiger partial charge in [0.2, 0.25) is 0 Å². The highest BCUT2D eigenvalue weighted by molar-refractivity contribution is 5.75. The maximum atomic E-state index is 14.4. The molecule has 1 fully saturated rings. The molecule has 0 radical (unpaired) electrons. The molecule has 0 spiro atoms. The fourth-order valence-electron chi connectivity index (χ4n) is 4.33. The highest BCUT2D eigenvalue weighted by atomic mass is 19.1. The summed E-state index contributed by atoms with van der Waals surface area (Å²) in [5, 5.41) is 0. The van der Waals surface area contributed by atoms with Crippen LogP contribution in [0.5, 0.6) is 11.5 Å². The summed E-state index contributed by atoms with van der Waals surface area (Å²) in [6.07, 6.45) is 10.3. The van der Waals surface area contributed by atoms with Crippen LogP contribution in [0.15, 0.2) is 12.1 Å². The van der Waals surface area contributed by atoms with E-state index in [-0.39, 0.29) is 23.7 Å². The summed E-state index contributed by atoms with van der Waals surface area (Å²) in [5.74, 6) is 0.517. The average molecular weight is 362 g/mol. The van der Waals surface area contributed by atoms with Gasteiger partial charge in [-0.2, -0.15) is 0 Å². The summed E-state index contributed by atoms with van der Waals surface area (Å²) >= 11 is 0. The van der Waals surface area contributed by atoms with E-state index in [2.05, 4.69) is 13.8 Å². The van der Waals surface area contributed by atoms with Gasteiger partial charge in [-0.1, -0.05) is 33.1 Å². The zero-order valence-electron chi connectivity index (χ0n) is 16.1. The Kier molecular flexibility index (Phi) is 6.55. The van der Waals surface area contributed by atoms with Crippen molar-refractivity contribution in [2.24, 2.45) is 11.8 Å². The monoisotopic (exact) mass is 362 g/mol. The summed E-state index contributed by atoms with van der Waals surface area (Å²) in [5.41, 5.74) is 0.938. The minimum Gasteiger partial charge on any atom is -0.490 e. The van der Waals surface area contributed by atoms with Gasteiger partial charge in [0.1, 0.15) is 5.75 Å². The Bertz CT molecular complexity index is 620. The van der Waals surface area contributed by atoms with Crippen molar-refractivity contribution >= 4 is 5.97 Å². The molecule has 0 N–H and O–H groups in total. The number of ether oxygens (including phenoxy) is 2. The van der Waals surface area contributed by atoms with Crippen LogP contribution in [0.4, 0.5) is 4.39 Å². The lowest BCUT2D eigenvalue weighted by atomic mass is 9.80. The topological polar surface area (TPSA) is 35.5 Å². The van der Waals surface area contributed by atoms with Crippen LogP contribution in [0.2, 0.25) is 0 Å². The number of rotatable bonds is 6. The van der Waals surface area contributed by atoms with Crippen LogP contribution in [-0.2, 0) is 11.2 Å². The average Bonchev–Trinajstić information content (AvgIpc) is 2.63. The van der Waals surface area contributed by atoms with Gasteiger partial charge in [-0.05, 0) is 62.5 Å². The second kappa shape index (κ2) is 8.88. The fraction of sp³-hybridized carbons (Fsp3) is 0.682. The first-order chi connectivity index (χ1) is 12.6. The zero-order valence-corrected chi connectivity index (χ0v) is 16.1. The van der Waals surface area contributed by atoms with E-state index >= 15 is 0 Å². The molecule has 1 aliphatic heterocycles. The van der Waals surface area contributed by atoms with Crippen molar-refractivity contribution in [3.05, 3.63) is 23.5 Å². The van der Waals surface area contributed by atoms with E-state index in [0.717, 1.165) is 62.8 Å². The molecule has 4 heteroatoms. The second-order valence-corrected chi connectivity index (χ2v) is 7.88. The van der Waals surface area contributed by atoms with E-state index in [9.17, 15) is 9.18 Å². The van der Waals surface area contributed by atoms with Crippen LogP contribution < -0.4 is 9.47 Å². The molecule has 0 saturated heterocycles. The number of esters is 1. The molecule has 2 aliphatic rings. The molecule has 1 atom stereocenters. The van der Waals surface area contributed by atoms with Crippen LogP contribution in [0.3, 0.4) is 0 Å². The zero-order chi connectivity index (χ0) is 18.5.